The Hall–Kier alpha value is -2.19. The number of hydrogen-bond donors (Lipinski definition) is 2. The third kappa shape index (κ3) is 3.81. The summed E-state index contributed by atoms with van der Waals surface area (Å²) < 4.78 is 29.8. The highest BCUT2D eigenvalue weighted by atomic mass is 32.2. The highest BCUT2D eigenvalue weighted by molar-refractivity contribution is 7.89. The second-order valence-corrected chi connectivity index (χ2v) is 8.50. The molecule has 1 aliphatic rings. The minimum Gasteiger partial charge on any atom is -0.349 e. The summed E-state index contributed by atoms with van der Waals surface area (Å²) in [4.78, 5) is 12.4. The van der Waals surface area contributed by atoms with Crippen LogP contribution >= 0.6 is 0 Å². The van der Waals surface area contributed by atoms with Crippen LogP contribution in [0.4, 0.5) is 0 Å². The summed E-state index contributed by atoms with van der Waals surface area (Å²) in [6, 6.07) is 5.90. The Morgan fingerprint density at radius 1 is 1.35 bits per heavy atom. The van der Waals surface area contributed by atoms with Gasteiger partial charge in [0.15, 0.2) is 0 Å². The lowest BCUT2D eigenvalue weighted by molar-refractivity contribution is 0.0916. The SMILES string of the molecule is Cc1c([C@@H](C)NS(=O)(=O)c2cccc(C(=O)NC3CCC3)c2)cnn1C. The van der Waals surface area contributed by atoms with Crippen molar-refractivity contribution in [3.8, 4) is 0 Å². The van der Waals surface area contributed by atoms with Crippen LogP contribution in [0.1, 0.15) is 53.8 Å². The number of carbonyl (C=O) groups is 1. The van der Waals surface area contributed by atoms with Crippen LogP contribution < -0.4 is 10.0 Å². The number of amides is 1. The van der Waals surface area contributed by atoms with Crippen molar-refractivity contribution in [2.24, 2.45) is 7.05 Å². The lowest BCUT2D eigenvalue weighted by Gasteiger charge is -2.26. The molecule has 140 valence electrons. The van der Waals surface area contributed by atoms with Gasteiger partial charge in [0.2, 0.25) is 10.0 Å². The second-order valence-electron chi connectivity index (χ2n) is 6.78. The van der Waals surface area contributed by atoms with E-state index < -0.39 is 16.1 Å². The molecule has 0 spiro atoms. The van der Waals surface area contributed by atoms with Gasteiger partial charge in [-0.15, -0.1) is 0 Å². The van der Waals surface area contributed by atoms with Crippen molar-refractivity contribution in [2.75, 3.05) is 0 Å². The molecule has 1 amide bonds. The van der Waals surface area contributed by atoms with Gasteiger partial charge in [0.25, 0.3) is 5.91 Å². The predicted octanol–water partition coefficient (Wildman–Crippen LogP) is 2.05. The number of aryl methyl sites for hydroxylation is 1. The Kier molecular flexibility index (Phi) is 5.15. The van der Waals surface area contributed by atoms with Crippen molar-refractivity contribution in [1.82, 2.24) is 19.8 Å². The summed E-state index contributed by atoms with van der Waals surface area (Å²) in [5, 5.41) is 7.07. The van der Waals surface area contributed by atoms with E-state index in [2.05, 4.69) is 15.1 Å². The molecule has 1 aromatic carbocycles. The van der Waals surface area contributed by atoms with Crippen LogP contribution in [-0.4, -0.2) is 30.1 Å². The van der Waals surface area contributed by atoms with Crippen LogP contribution in [0.3, 0.4) is 0 Å². The van der Waals surface area contributed by atoms with E-state index in [1.807, 2.05) is 14.0 Å². The molecule has 0 unspecified atom stereocenters. The zero-order valence-corrected chi connectivity index (χ0v) is 16.0. The summed E-state index contributed by atoms with van der Waals surface area (Å²) in [5.74, 6) is -0.233. The molecule has 1 aromatic heterocycles. The first-order valence-electron chi connectivity index (χ1n) is 8.69. The van der Waals surface area contributed by atoms with Crippen LogP contribution in [0, 0.1) is 6.92 Å². The molecule has 1 heterocycles. The fourth-order valence-corrected chi connectivity index (χ4v) is 4.20. The monoisotopic (exact) mass is 376 g/mol. The number of carbonyl (C=O) groups excluding carboxylic acids is 1. The van der Waals surface area contributed by atoms with E-state index in [0.717, 1.165) is 30.5 Å². The van der Waals surface area contributed by atoms with Crippen molar-refractivity contribution in [2.45, 2.75) is 50.1 Å². The van der Waals surface area contributed by atoms with Crippen molar-refractivity contribution in [3.63, 3.8) is 0 Å². The Bertz CT molecular complexity index is 916. The molecule has 1 aliphatic carbocycles. The number of rotatable bonds is 6. The summed E-state index contributed by atoms with van der Waals surface area (Å²) >= 11 is 0. The molecule has 0 saturated heterocycles. The number of sulfonamides is 1. The average Bonchev–Trinajstić information content (AvgIpc) is 2.90. The Labute approximate surface area is 153 Å². The molecule has 0 radical (unpaired) electrons. The van der Waals surface area contributed by atoms with Gasteiger partial charge in [-0.2, -0.15) is 5.10 Å². The average molecular weight is 376 g/mol. The molecule has 2 N–H and O–H groups in total. The van der Waals surface area contributed by atoms with Gasteiger partial charge in [0.05, 0.1) is 11.1 Å². The molecule has 1 saturated carbocycles. The van der Waals surface area contributed by atoms with Crippen LogP contribution in [0.25, 0.3) is 0 Å². The Morgan fingerprint density at radius 3 is 2.65 bits per heavy atom. The topological polar surface area (TPSA) is 93.1 Å². The molecular formula is C18H24N4O3S. The van der Waals surface area contributed by atoms with Crippen molar-refractivity contribution < 1.29 is 13.2 Å². The fourth-order valence-electron chi connectivity index (χ4n) is 2.93. The molecule has 3 rings (SSSR count). The summed E-state index contributed by atoms with van der Waals surface area (Å²) in [6.45, 7) is 3.66. The van der Waals surface area contributed by atoms with Crippen LogP contribution in [-0.2, 0) is 17.1 Å². The molecule has 0 bridgehead atoms. The van der Waals surface area contributed by atoms with Crippen LogP contribution in [0.2, 0.25) is 0 Å². The molecule has 8 heteroatoms. The number of benzene rings is 1. The van der Waals surface area contributed by atoms with Gasteiger partial charge >= 0.3 is 0 Å². The number of nitrogens with one attached hydrogen (secondary N) is 2. The van der Waals surface area contributed by atoms with E-state index in [4.69, 9.17) is 0 Å². The van der Waals surface area contributed by atoms with E-state index in [-0.39, 0.29) is 16.8 Å². The lowest BCUT2D eigenvalue weighted by Crippen LogP contribution is -2.39. The predicted molar refractivity (Wildman–Crippen MR) is 98.2 cm³/mol. The Morgan fingerprint density at radius 2 is 2.08 bits per heavy atom. The third-order valence-electron chi connectivity index (χ3n) is 4.92. The van der Waals surface area contributed by atoms with Gasteiger partial charge in [-0.25, -0.2) is 13.1 Å². The first-order valence-corrected chi connectivity index (χ1v) is 10.2. The molecule has 2 aromatic rings. The number of hydrogen-bond acceptors (Lipinski definition) is 4. The molecule has 1 fully saturated rings. The van der Waals surface area contributed by atoms with Gasteiger partial charge in [-0.05, 0) is 51.3 Å². The molecule has 0 aliphatic heterocycles. The maximum absolute atomic E-state index is 12.7. The van der Waals surface area contributed by atoms with Crippen molar-refractivity contribution >= 4 is 15.9 Å². The van der Waals surface area contributed by atoms with Crippen LogP contribution in [0.15, 0.2) is 35.4 Å². The van der Waals surface area contributed by atoms with Gasteiger partial charge in [-0.3, -0.25) is 9.48 Å². The maximum atomic E-state index is 12.7. The minimum absolute atomic E-state index is 0.0761. The van der Waals surface area contributed by atoms with Crippen molar-refractivity contribution in [3.05, 3.63) is 47.3 Å². The van der Waals surface area contributed by atoms with Gasteiger partial charge in [0.1, 0.15) is 0 Å². The summed E-state index contributed by atoms with van der Waals surface area (Å²) in [5.41, 5.74) is 2.06. The smallest absolute Gasteiger partial charge is 0.251 e. The van der Waals surface area contributed by atoms with E-state index in [1.54, 1.807) is 29.9 Å². The highest BCUT2D eigenvalue weighted by Crippen LogP contribution is 2.21. The quantitative estimate of drug-likeness (QED) is 0.807. The Balaban J connectivity index is 1.77. The highest BCUT2D eigenvalue weighted by Gasteiger charge is 2.23. The fraction of sp³-hybridized carbons (Fsp3) is 0.444. The van der Waals surface area contributed by atoms with Gasteiger partial charge in [0, 0.05) is 36.0 Å². The summed E-state index contributed by atoms with van der Waals surface area (Å²) in [7, 11) is -1.95. The van der Waals surface area contributed by atoms with E-state index in [1.165, 1.54) is 12.1 Å². The minimum atomic E-state index is -3.76. The van der Waals surface area contributed by atoms with E-state index in [0.29, 0.717) is 5.56 Å². The maximum Gasteiger partial charge on any atom is 0.251 e. The van der Waals surface area contributed by atoms with Crippen LogP contribution in [0.5, 0.6) is 0 Å². The van der Waals surface area contributed by atoms with Crippen molar-refractivity contribution in [1.29, 1.82) is 0 Å². The standard InChI is InChI=1S/C18H24N4O3S/c1-12(17-11-19-22(3)13(17)2)21-26(24,25)16-9-4-6-14(10-16)18(23)20-15-7-5-8-15/h4,6,9-12,15,21H,5,7-8H2,1-3H3,(H,20,23)/t12-/m1/s1. The molecule has 7 nitrogen and oxygen atoms in total. The van der Waals surface area contributed by atoms with E-state index in [9.17, 15) is 13.2 Å². The second kappa shape index (κ2) is 7.20. The zero-order chi connectivity index (χ0) is 18.9. The van der Waals surface area contributed by atoms with Gasteiger partial charge in [-0.1, -0.05) is 6.07 Å². The molecule has 26 heavy (non-hydrogen) atoms. The van der Waals surface area contributed by atoms with Gasteiger partial charge < -0.3 is 5.32 Å². The zero-order valence-electron chi connectivity index (χ0n) is 15.2. The number of nitrogens with zero attached hydrogens (tertiary/aromatic N) is 2. The first kappa shape index (κ1) is 18.6. The summed E-state index contributed by atoms with van der Waals surface area (Å²) in [6.07, 6.45) is 4.74. The largest absolute Gasteiger partial charge is 0.349 e. The molecular weight excluding hydrogens is 352 g/mol. The third-order valence-corrected chi connectivity index (χ3v) is 6.46. The normalized spacial score (nSPS) is 16.1. The molecule has 1 atom stereocenters. The number of aromatic nitrogens is 2. The lowest BCUT2D eigenvalue weighted by atomic mass is 9.93. The van der Waals surface area contributed by atoms with E-state index >= 15 is 0 Å². The first-order chi connectivity index (χ1) is 12.3.